The van der Waals surface area contributed by atoms with Crippen molar-refractivity contribution < 1.29 is 22.3 Å². The summed E-state index contributed by atoms with van der Waals surface area (Å²) in [6.45, 7) is -0.137. The normalized spacial score (nSPS) is 15.4. The number of sulfonamides is 1. The van der Waals surface area contributed by atoms with E-state index < -0.39 is 15.8 Å². The highest BCUT2D eigenvalue weighted by Gasteiger charge is 2.22. The van der Waals surface area contributed by atoms with Crippen molar-refractivity contribution in [1.82, 2.24) is 5.32 Å². The van der Waals surface area contributed by atoms with Gasteiger partial charge in [0, 0.05) is 7.05 Å². The second-order valence-electron chi connectivity index (χ2n) is 7.92. The number of hydrogen-bond donors (Lipinski definition) is 1. The van der Waals surface area contributed by atoms with Gasteiger partial charge < -0.3 is 10.1 Å². The van der Waals surface area contributed by atoms with Gasteiger partial charge in [0.15, 0.2) is 6.61 Å². The number of ether oxygens (including phenoxy) is 1. The maximum atomic E-state index is 13.1. The number of hydrogen-bond acceptors (Lipinski definition) is 4. The number of anilines is 1. The van der Waals surface area contributed by atoms with Gasteiger partial charge in [-0.25, -0.2) is 12.8 Å². The molecule has 6 nitrogen and oxygen atoms in total. The highest BCUT2D eigenvalue weighted by atomic mass is 32.2. The Hall–Kier alpha value is -3.39. The molecule has 8 heteroatoms. The van der Waals surface area contributed by atoms with Crippen molar-refractivity contribution in [2.75, 3.05) is 18.0 Å². The number of carbonyl (C=O) groups is 1. The smallest absolute Gasteiger partial charge is 0.264 e. The minimum absolute atomic E-state index is 0.00677. The predicted molar refractivity (Wildman–Crippen MR) is 124 cm³/mol. The van der Waals surface area contributed by atoms with Crippen LogP contribution in [0.5, 0.6) is 5.75 Å². The van der Waals surface area contributed by atoms with Crippen LogP contribution in [-0.2, 0) is 21.2 Å². The molecule has 3 aromatic carbocycles. The van der Waals surface area contributed by atoms with E-state index in [2.05, 4.69) is 17.4 Å². The maximum absolute atomic E-state index is 13.1. The van der Waals surface area contributed by atoms with E-state index >= 15 is 0 Å². The van der Waals surface area contributed by atoms with Gasteiger partial charge in [-0.1, -0.05) is 24.3 Å². The molecule has 0 unspecified atom stereocenters. The molecular formula is C25H25FN2O4S. The molecule has 0 spiro atoms. The van der Waals surface area contributed by atoms with E-state index in [-0.39, 0.29) is 23.5 Å². The second-order valence-corrected chi connectivity index (χ2v) is 9.89. The zero-order chi connectivity index (χ0) is 23.4. The SMILES string of the molecule is CN(c1ccc(OCC(=O)N[C@H]2CCCc3ccccc32)cc1)S(=O)(=O)c1ccc(F)cc1. The molecule has 0 saturated carbocycles. The predicted octanol–water partition coefficient (Wildman–Crippen LogP) is 4.22. The van der Waals surface area contributed by atoms with Crippen LogP contribution in [-0.4, -0.2) is 28.0 Å². The van der Waals surface area contributed by atoms with Gasteiger partial charge in [-0.3, -0.25) is 9.10 Å². The van der Waals surface area contributed by atoms with E-state index in [1.54, 1.807) is 24.3 Å². The summed E-state index contributed by atoms with van der Waals surface area (Å²) in [6, 6.07) is 19.2. The Morgan fingerprint density at radius 1 is 1.06 bits per heavy atom. The quantitative estimate of drug-likeness (QED) is 0.563. The van der Waals surface area contributed by atoms with Crippen LogP contribution in [0.25, 0.3) is 0 Å². The molecule has 1 amide bonds. The minimum atomic E-state index is -3.83. The molecule has 4 rings (SSSR count). The first-order valence-corrected chi connectivity index (χ1v) is 12.1. The zero-order valence-electron chi connectivity index (χ0n) is 18.2. The van der Waals surface area contributed by atoms with Gasteiger partial charge in [-0.15, -0.1) is 0 Å². The molecule has 0 saturated heterocycles. The highest BCUT2D eigenvalue weighted by molar-refractivity contribution is 7.92. The molecule has 1 atom stereocenters. The maximum Gasteiger partial charge on any atom is 0.264 e. The van der Waals surface area contributed by atoms with Crippen LogP contribution >= 0.6 is 0 Å². The van der Waals surface area contributed by atoms with Crippen molar-refractivity contribution in [3.63, 3.8) is 0 Å². The number of nitrogens with zero attached hydrogens (tertiary/aromatic N) is 1. The van der Waals surface area contributed by atoms with Crippen molar-refractivity contribution in [2.24, 2.45) is 0 Å². The van der Waals surface area contributed by atoms with Crippen LogP contribution in [0.15, 0.2) is 77.7 Å². The molecule has 1 aliphatic rings. The number of halogens is 1. The monoisotopic (exact) mass is 468 g/mol. The molecule has 0 radical (unpaired) electrons. The zero-order valence-corrected chi connectivity index (χ0v) is 19.0. The molecule has 0 heterocycles. The minimum Gasteiger partial charge on any atom is -0.484 e. The number of carbonyl (C=O) groups excluding carboxylic acids is 1. The molecule has 0 fully saturated rings. The van der Waals surface area contributed by atoms with Crippen molar-refractivity contribution in [2.45, 2.75) is 30.2 Å². The second kappa shape index (κ2) is 9.62. The number of nitrogens with one attached hydrogen (secondary N) is 1. The lowest BCUT2D eigenvalue weighted by Gasteiger charge is -2.26. The summed E-state index contributed by atoms with van der Waals surface area (Å²) < 4.78 is 45.3. The third kappa shape index (κ3) is 5.17. The summed E-state index contributed by atoms with van der Waals surface area (Å²) >= 11 is 0. The lowest BCUT2D eigenvalue weighted by Crippen LogP contribution is -2.34. The Labute approximate surface area is 193 Å². The summed E-state index contributed by atoms with van der Waals surface area (Å²) in [6.07, 6.45) is 2.95. The summed E-state index contributed by atoms with van der Waals surface area (Å²) in [4.78, 5) is 12.4. The Bertz CT molecular complexity index is 1230. The number of amides is 1. The first-order chi connectivity index (χ1) is 15.8. The molecule has 3 aromatic rings. The van der Waals surface area contributed by atoms with Gasteiger partial charge in [0.25, 0.3) is 15.9 Å². The first-order valence-electron chi connectivity index (χ1n) is 10.7. The van der Waals surface area contributed by atoms with Gasteiger partial charge in [0.1, 0.15) is 11.6 Å². The van der Waals surface area contributed by atoms with E-state index in [4.69, 9.17) is 4.74 Å². The standard InChI is InChI=1S/C25H25FN2O4S/c1-28(33(30,31)22-15-9-19(26)10-16-22)20-11-13-21(14-12-20)32-17-25(29)27-24-8-4-6-18-5-2-3-7-23(18)24/h2-3,5,7,9-16,24H,4,6,8,17H2,1H3,(H,27,29)/t24-/m0/s1. The summed E-state index contributed by atoms with van der Waals surface area (Å²) in [5.74, 6) is -0.267. The molecule has 33 heavy (non-hydrogen) atoms. The number of rotatable bonds is 7. The van der Waals surface area contributed by atoms with Crippen molar-refractivity contribution in [1.29, 1.82) is 0 Å². The van der Waals surface area contributed by atoms with Gasteiger partial charge >= 0.3 is 0 Å². The Balaban J connectivity index is 1.35. The van der Waals surface area contributed by atoms with Crippen molar-refractivity contribution in [3.05, 3.63) is 89.7 Å². The topological polar surface area (TPSA) is 75.7 Å². The van der Waals surface area contributed by atoms with Gasteiger partial charge in [0.05, 0.1) is 16.6 Å². The lowest BCUT2D eigenvalue weighted by atomic mass is 9.88. The van der Waals surface area contributed by atoms with Crippen LogP contribution in [0, 0.1) is 5.82 Å². The van der Waals surface area contributed by atoms with E-state index in [1.807, 2.05) is 12.1 Å². The molecule has 1 N–H and O–H groups in total. The number of benzene rings is 3. The van der Waals surface area contributed by atoms with Crippen LogP contribution < -0.4 is 14.4 Å². The van der Waals surface area contributed by atoms with Crippen molar-refractivity contribution >= 4 is 21.6 Å². The summed E-state index contributed by atoms with van der Waals surface area (Å²) in [7, 11) is -2.41. The molecule has 1 aliphatic carbocycles. The Morgan fingerprint density at radius 3 is 2.48 bits per heavy atom. The van der Waals surface area contributed by atoms with E-state index in [1.165, 1.54) is 24.7 Å². The molecular weight excluding hydrogens is 443 g/mol. The Kier molecular flexibility index (Phi) is 6.65. The van der Waals surface area contributed by atoms with E-state index in [9.17, 15) is 17.6 Å². The van der Waals surface area contributed by atoms with Crippen LogP contribution in [0.4, 0.5) is 10.1 Å². The molecule has 0 aliphatic heterocycles. The number of fused-ring (bicyclic) bond motifs is 1. The first kappa shape index (κ1) is 22.8. The number of aryl methyl sites for hydroxylation is 1. The molecule has 0 aromatic heterocycles. The van der Waals surface area contributed by atoms with E-state index in [0.717, 1.165) is 41.3 Å². The van der Waals surface area contributed by atoms with Gasteiger partial charge in [0.2, 0.25) is 0 Å². The van der Waals surface area contributed by atoms with Crippen LogP contribution in [0.3, 0.4) is 0 Å². The molecule has 172 valence electrons. The third-order valence-corrected chi connectivity index (χ3v) is 7.55. The fourth-order valence-corrected chi connectivity index (χ4v) is 5.14. The third-order valence-electron chi connectivity index (χ3n) is 5.75. The lowest BCUT2D eigenvalue weighted by molar-refractivity contribution is -0.123. The van der Waals surface area contributed by atoms with Gasteiger partial charge in [-0.05, 0) is 78.9 Å². The largest absolute Gasteiger partial charge is 0.484 e. The van der Waals surface area contributed by atoms with Crippen molar-refractivity contribution in [3.8, 4) is 5.75 Å². The average molecular weight is 469 g/mol. The van der Waals surface area contributed by atoms with Gasteiger partial charge in [-0.2, -0.15) is 0 Å². The van der Waals surface area contributed by atoms with Crippen LogP contribution in [0.1, 0.15) is 30.0 Å². The molecule has 0 bridgehead atoms. The highest BCUT2D eigenvalue weighted by Crippen LogP contribution is 2.29. The fourth-order valence-electron chi connectivity index (χ4n) is 3.94. The van der Waals surface area contributed by atoms with Crippen LogP contribution in [0.2, 0.25) is 0 Å². The average Bonchev–Trinajstić information content (AvgIpc) is 2.83. The summed E-state index contributed by atoms with van der Waals surface area (Å²) in [5.41, 5.74) is 2.84. The Morgan fingerprint density at radius 2 is 1.76 bits per heavy atom. The summed E-state index contributed by atoms with van der Waals surface area (Å²) in [5, 5.41) is 3.04. The fraction of sp³-hybridized carbons (Fsp3) is 0.240. The van der Waals surface area contributed by atoms with E-state index in [0.29, 0.717) is 11.4 Å².